The molecule has 26 heavy (non-hydrogen) atoms. The van der Waals surface area contributed by atoms with Gasteiger partial charge in [-0.25, -0.2) is 0 Å². The Morgan fingerprint density at radius 2 is 1.88 bits per heavy atom. The van der Waals surface area contributed by atoms with Gasteiger partial charge in [-0.1, -0.05) is 39.0 Å². The minimum atomic E-state index is -0.985. The highest BCUT2D eigenvalue weighted by Gasteiger charge is 2.23. The van der Waals surface area contributed by atoms with E-state index < -0.39 is 5.97 Å². The summed E-state index contributed by atoms with van der Waals surface area (Å²) in [5.41, 5.74) is 1.85. The van der Waals surface area contributed by atoms with E-state index in [2.05, 4.69) is 36.4 Å². The number of benzene rings is 1. The van der Waals surface area contributed by atoms with E-state index in [-0.39, 0.29) is 23.9 Å². The maximum atomic E-state index is 12.9. The van der Waals surface area contributed by atoms with Crippen molar-refractivity contribution >= 4 is 17.6 Å². The summed E-state index contributed by atoms with van der Waals surface area (Å²) in [4.78, 5) is 27.8. The van der Waals surface area contributed by atoms with Crippen LogP contribution in [0.4, 0.5) is 5.69 Å². The lowest BCUT2D eigenvalue weighted by Gasteiger charge is -2.27. The topological polar surface area (TPSA) is 91.3 Å². The number of hydrogen-bond acceptors (Lipinski definition) is 4. The second-order valence-corrected chi connectivity index (χ2v) is 7.37. The van der Waals surface area contributed by atoms with Crippen molar-refractivity contribution in [3.63, 3.8) is 0 Å². The van der Waals surface area contributed by atoms with Crippen molar-refractivity contribution in [2.24, 2.45) is 5.41 Å². The number of carbonyl (C=O) groups is 2. The van der Waals surface area contributed by atoms with Crippen molar-refractivity contribution in [1.29, 1.82) is 0 Å². The third kappa shape index (κ3) is 5.88. The molecule has 0 spiro atoms. The van der Waals surface area contributed by atoms with Gasteiger partial charge in [-0.3, -0.25) is 14.6 Å². The van der Waals surface area contributed by atoms with Crippen molar-refractivity contribution in [1.82, 2.24) is 10.3 Å². The second kappa shape index (κ2) is 8.47. The van der Waals surface area contributed by atoms with Gasteiger partial charge in [0.25, 0.3) is 5.91 Å². The molecule has 0 fully saturated rings. The molecule has 0 aliphatic rings. The van der Waals surface area contributed by atoms with Crippen LogP contribution in [0, 0.1) is 5.41 Å². The first-order chi connectivity index (χ1) is 12.3. The normalized spacial score (nSPS) is 12.3. The average molecular weight is 355 g/mol. The van der Waals surface area contributed by atoms with Gasteiger partial charge in [0, 0.05) is 18.1 Å². The molecule has 6 heteroatoms. The van der Waals surface area contributed by atoms with Crippen LogP contribution < -0.4 is 10.6 Å². The summed E-state index contributed by atoms with van der Waals surface area (Å²) in [5, 5.41) is 14.7. The second-order valence-electron chi connectivity index (χ2n) is 7.37. The number of rotatable bonds is 7. The zero-order valence-electron chi connectivity index (χ0n) is 15.3. The van der Waals surface area contributed by atoms with E-state index in [1.54, 1.807) is 36.7 Å². The average Bonchev–Trinajstić information content (AvgIpc) is 2.59. The lowest BCUT2D eigenvalue weighted by molar-refractivity contribution is -0.134. The summed E-state index contributed by atoms with van der Waals surface area (Å²) in [5.74, 6) is -1.24. The lowest BCUT2D eigenvalue weighted by Crippen LogP contribution is -2.32. The molecule has 0 bridgehead atoms. The third-order valence-corrected chi connectivity index (χ3v) is 3.81. The smallest absolute Gasteiger partial charge is 0.322 e. The number of pyridine rings is 1. The zero-order chi connectivity index (χ0) is 19.2. The van der Waals surface area contributed by atoms with Crippen LogP contribution in [0.1, 0.15) is 49.2 Å². The monoisotopic (exact) mass is 355 g/mol. The predicted octanol–water partition coefficient (Wildman–Crippen LogP) is 3.49. The molecule has 0 radical (unpaired) electrons. The predicted molar refractivity (Wildman–Crippen MR) is 101 cm³/mol. The summed E-state index contributed by atoms with van der Waals surface area (Å²) >= 11 is 0. The van der Waals surface area contributed by atoms with Crippen LogP contribution in [0.3, 0.4) is 0 Å². The third-order valence-electron chi connectivity index (χ3n) is 3.81. The van der Waals surface area contributed by atoms with E-state index in [0.29, 0.717) is 11.3 Å². The van der Waals surface area contributed by atoms with Crippen LogP contribution in [0.25, 0.3) is 0 Å². The lowest BCUT2D eigenvalue weighted by atomic mass is 9.85. The zero-order valence-corrected chi connectivity index (χ0v) is 15.3. The van der Waals surface area contributed by atoms with E-state index in [0.717, 1.165) is 12.0 Å². The van der Waals surface area contributed by atoms with Crippen LogP contribution in [-0.2, 0) is 4.79 Å². The molecule has 1 aromatic heterocycles. The Bertz CT molecular complexity index is 754. The van der Waals surface area contributed by atoms with Crippen LogP contribution in [-0.4, -0.2) is 28.5 Å². The highest BCUT2D eigenvalue weighted by molar-refractivity contribution is 6.00. The number of aromatic nitrogens is 1. The molecule has 6 nitrogen and oxygen atoms in total. The Hall–Kier alpha value is -2.89. The van der Waals surface area contributed by atoms with E-state index in [1.807, 2.05) is 12.1 Å². The van der Waals surface area contributed by atoms with E-state index in [1.165, 1.54) is 0 Å². The van der Waals surface area contributed by atoms with Gasteiger partial charge in [0.2, 0.25) is 0 Å². The van der Waals surface area contributed by atoms with Crippen molar-refractivity contribution in [2.75, 3.05) is 11.9 Å². The Labute approximate surface area is 153 Å². The van der Waals surface area contributed by atoms with Gasteiger partial charge in [0.1, 0.15) is 6.54 Å². The van der Waals surface area contributed by atoms with Crippen molar-refractivity contribution in [2.45, 2.75) is 33.2 Å². The number of anilines is 1. The number of carbonyl (C=O) groups excluding carboxylic acids is 1. The molecule has 0 saturated carbocycles. The molecule has 2 aromatic rings. The standard InChI is InChI=1S/C20H25N3O3/c1-20(2,3)11-17(14-7-6-10-21-12-14)23-19(26)15-8-4-5-9-16(15)22-13-18(24)25/h4-10,12,17,22H,11,13H2,1-3H3,(H,23,26)(H,24,25). The van der Waals surface area contributed by atoms with Crippen LogP contribution in [0.15, 0.2) is 48.8 Å². The maximum Gasteiger partial charge on any atom is 0.322 e. The molecule has 1 heterocycles. The molecule has 2 rings (SSSR count). The fourth-order valence-electron chi connectivity index (χ4n) is 2.69. The number of hydrogen-bond donors (Lipinski definition) is 3. The largest absolute Gasteiger partial charge is 0.480 e. The van der Waals surface area contributed by atoms with Crippen LogP contribution >= 0.6 is 0 Å². The molecular weight excluding hydrogens is 330 g/mol. The molecule has 1 unspecified atom stereocenters. The number of nitrogens with one attached hydrogen (secondary N) is 2. The molecule has 0 saturated heterocycles. The van der Waals surface area contributed by atoms with E-state index in [9.17, 15) is 9.59 Å². The number of aliphatic carboxylic acids is 1. The van der Waals surface area contributed by atoms with E-state index in [4.69, 9.17) is 5.11 Å². The number of carboxylic acids is 1. The Morgan fingerprint density at radius 3 is 2.50 bits per heavy atom. The van der Waals surface area contributed by atoms with E-state index >= 15 is 0 Å². The molecule has 3 N–H and O–H groups in total. The summed E-state index contributed by atoms with van der Waals surface area (Å²) in [7, 11) is 0. The number of carboxylic acid groups (broad SMARTS) is 1. The van der Waals surface area contributed by atoms with Crippen molar-refractivity contribution in [3.8, 4) is 0 Å². The molecule has 0 aliphatic heterocycles. The molecule has 0 aliphatic carbocycles. The highest BCUT2D eigenvalue weighted by atomic mass is 16.4. The summed E-state index contributed by atoms with van der Waals surface area (Å²) in [6.45, 7) is 6.10. The Kier molecular flexibility index (Phi) is 6.33. The molecule has 1 atom stereocenters. The number of para-hydroxylation sites is 1. The summed E-state index contributed by atoms with van der Waals surface area (Å²) < 4.78 is 0. The van der Waals surface area contributed by atoms with Gasteiger partial charge >= 0.3 is 5.97 Å². The van der Waals surface area contributed by atoms with Gasteiger partial charge < -0.3 is 15.7 Å². The number of amides is 1. The fourth-order valence-corrected chi connectivity index (χ4v) is 2.69. The fraction of sp³-hybridized carbons (Fsp3) is 0.350. The number of nitrogens with zero attached hydrogens (tertiary/aromatic N) is 1. The van der Waals surface area contributed by atoms with Gasteiger partial charge in [0.15, 0.2) is 0 Å². The van der Waals surface area contributed by atoms with Gasteiger partial charge in [-0.15, -0.1) is 0 Å². The molecule has 1 aromatic carbocycles. The minimum absolute atomic E-state index is 0.00879. The van der Waals surface area contributed by atoms with Gasteiger partial charge in [-0.2, -0.15) is 0 Å². The first kappa shape index (κ1) is 19.4. The molecule has 138 valence electrons. The first-order valence-electron chi connectivity index (χ1n) is 8.52. The molecular formula is C20H25N3O3. The van der Waals surface area contributed by atoms with Crippen molar-refractivity contribution < 1.29 is 14.7 Å². The van der Waals surface area contributed by atoms with Gasteiger partial charge in [0.05, 0.1) is 11.6 Å². The minimum Gasteiger partial charge on any atom is -0.480 e. The quantitative estimate of drug-likeness (QED) is 0.707. The summed E-state index contributed by atoms with van der Waals surface area (Å²) in [6.07, 6.45) is 4.20. The van der Waals surface area contributed by atoms with Crippen LogP contribution in [0.2, 0.25) is 0 Å². The highest BCUT2D eigenvalue weighted by Crippen LogP contribution is 2.29. The molecule has 1 amide bonds. The van der Waals surface area contributed by atoms with Gasteiger partial charge in [-0.05, 0) is 35.6 Å². The maximum absolute atomic E-state index is 12.9. The summed E-state index contributed by atoms with van der Waals surface area (Å²) in [6, 6.07) is 10.5. The Morgan fingerprint density at radius 1 is 1.15 bits per heavy atom. The first-order valence-corrected chi connectivity index (χ1v) is 8.52. The SMILES string of the molecule is CC(C)(C)CC(NC(=O)c1ccccc1NCC(=O)O)c1cccnc1. The van der Waals surface area contributed by atoms with Crippen molar-refractivity contribution in [3.05, 3.63) is 59.9 Å². The van der Waals surface area contributed by atoms with Crippen LogP contribution in [0.5, 0.6) is 0 Å². The Balaban J connectivity index is 2.23.